The second kappa shape index (κ2) is 20.0. The summed E-state index contributed by atoms with van der Waals surface area (Å²) in [7, 11) is 0. The van der Waals surface area contributed by atoms with Gasteiger partial charge in [0.15, 0.2) is 0 Å². The molecule has 0 amide bonds. The molecule has 358 valence electrons. The molecule has 0 bridgehead atoms. The lowest BCUT2D eigenvalue weighted by Gasteiger charge is -2.13. The highest BCUT2D eigenvalue weighted by Crippen LogP contribution is 2.33. The lowest BCUT2D eigenvalue weighted by atomic mass is 10.1. The van der Waals surface area contributed by atoms with Crippen molar-refractivity contribution in [3.05, 3.63) is 166 Å². The van der Waals surface area contributed by atoms with E-state index in [4.69, 9.17) is 28.4 Å². The van der Waals surface area contributed by atoms with Crippen LogP contribution in [0.1, 0.15) is 72.5 Å². The molecule has 22 nitrogen and oxygen atoms in total. The van der Waals surface area contributed by atoms with Crippen LogP contribution in [0.5, 0.6) is 80.5 Å². The van der Waals surface area contributed by atoms with Gasteiger partial charge in [-0.15, -0.1) is 0 Å². The van der Waals surface area contributed by atoms with Crippen LogP contribution in [0, 0.1) is 0 Å². The highest BCUT2D eigenvalue weighted by Gasteiger charge is 2.23. The van der Waals surface area contributed by atoms with Gasteiger partial charge in [-0.2, -0.15) is 0 Å². The van der Waals surface area contributed by atoms with Crippen molar-refractivity contribution >= 4 is 41.8 Å². The van der Waals surface area contributed by atoms with E-state index in [0.29, 0.717) is 0 Å². The summed E-state index contributed by atoms with van der Waals surface area (Å²) in [6, 6.07) is 19.3. The van der Waals surface area contributed by atoms with Crippen LogP contribution in [0.4, 0.5) is 0 Å². The number of carboxylic acid groups (broad SMARTS) is 1. The minimum atomic E-state index is -1.63. The Morgan fingerprint density at radius 1 is 0.225 bits per heavy atom. The number of carboxylic acids is 1. The Labute approximate surface area is 395 Å². The van der Waals surface area contributed by atoms with E-state index in [1.165, 1.54) is 0 Å². The first-order chi connectivity index (χ1) is 33.6. The molecule has 0 spiro atoms. The van der Waals surface area contributed by atoms with Crippen molar-refractivity contribution < 1.29 is 108 Å². The third-order valence-electron chi connectivity index (χ3n) is 9.17. The van der Waals surface area contributed by atoms with Crippen molar-refractivity contribution in [2.45, 2.75) is 0 Å². The third-order valence-corrected chi connectivity index (χ3v) is 9.17. The Morgan fingerprint density at radius 3 is 0.549 bits per heavy atom. The zero-order valence-corrected chi connectivity index (χ0v) is 35.5. The topological polar surface area (TPSA) is 357 Å². The Kier molecular flexibility index (Phi) is 13.6. The summed E-state index contributed by atoms with van der Waals surface area (Å²) in [5.41, 5.74) is -3.18. The lowest BCUT2D eigenvalue weighted by Crippen LogP contribution is -2.15. The maximum Gasteiger partial charge on any atom is 0.343 e. The molecule has 22 heteroatoms. The molecule has 0 unspecified atom stereocenters. The Hall–Kier alpha value is -10.8. The number of aromatic carboxylic acids is 1. The largest absolute Gasteiger partial charge is 0.508 e. The molecule has 0 heterocycles. The van der Waals surface area contributed by atoms with Crippen LogP contribution in [0.3, 0.4) is 0 Å². The van der Waals surface area contributed by atoms with Gasteiger partial charge in [0.05, 0.1) is 38.9 Å². The Balaban J connectivity index is 1.19. The number of benzene rings is 7. The number of aromatic hydroxyl groups is 8. The highest BCUT2D eigenvalue weighted by atomic mass is 16.6. The van der Waals surface area contributed by atoms with Crippen LogP contribution in [0.15, 0.2) is 127 Å². The molecule has 0 aliphatic heterocycles. The van der Waals surface area contributed by atoms with Gasteiger partial charge in [-0.3, -0.25) is 0 Å². The van der Waals surface area contributed by atoms with E-state index < -0.39 is 139 Å². The van der Waals surface area contributed by atoms with E-state index in [-0.39, 0.29) is 22.3 Å². The van der Waals surface area contributed by atoms with Crippen LogP contribution in [0.25, 0.3) is 0 Å². The van der Waals surface area contributed by atoms with Crippen molar-refractivity contribution in [3.63, 3.8) is 0 Å². The predicted octanol–water partition coefficient (Wildman–Crippen LogP) is 6.34. The molecule has 0 aliphatic carbocycles. The summed E-state index contributed by atoms with van der Waals surface area (Å²) in [6.45, 7) is 0. The molecule has 7 rings (SSSR count). The number of hydrogen-bond acceptors (Lipinski definition) is 21. The molecule has 0 fully saturated rings. The van der Waals surface area contributed by atoms with Crippen LogP contribution in [-0.4, -0.2) is 87.7 Å². The Bertz CT molecular complexity index is 2900. The number of ether oxygens (including phenoxy) is 6. The highest BCUT2D eigenvalue weighted by molar-refractivity contribution is 5.98. The zero-order valence-electron chi connectivity index (χ0n) is 35.5. The van der Waals surface area contributed by atoms with Crippen molar-refractivity contribution in [2.24, 2.45) is 0 Å². The summed E-state index contributed by atoms with van der Waals surface area (Å²) in [5.74, 6) is -16.4. The van der Waals surface area contributed by atoms with E-state index in [2.05, 4.69) is 0 Å². The smallest absolute Gasteiger partial charge is 0.343 e. The number of phenolic OH excluding ortho intramolecular Hbond substituents is 8. The second-order valence-corrected chi connectivity index (χ2v) is 14.7. The summed E-state index contributed by atoms with van der Waals surface area (Å²) in [6.07, 6.45) is 0. The minimum absolute atomic E-state index is 0.370. The molecule has 0 saturated carbocycles. The van der Waals surface area contributed by atoms with E-state index in [1.54, 1.807) is 0 Å². The zero-order chi connectivity index (χ0) is 51.3. The van der Waals surface area contributed by atoms with E-state index in [9.17, 15) is 79.5 Å². The van der Waals surface area contributed by atoms with Gasteiger partial charge >= 0.3 is 41.8 Å². The molecular weight excluding hydrogens is 941 g/mol. The number of hydrogen-bond donors (Lipinski definition) is 9. The quantitative estimate of drug-likeness (QED) is 0.0449. The third kappa shape index (κ3) is 12.4. The summed E-state index contributed by atoms with van der Waals surface area (Å²) < 4.78 is 32.1. The van der Waals surface area contributed by atoms with Gasteiger partial charge in [0.2, 0.25) is 0 Å². The molecule has 7 aromatic carbocycles. The first-order valence-electron chi connectivity index (χ1n) is 19.8. The van der Waals surface area contributed by atoms with Crippen molar-refractivity contribution in [1.82, 2.24) is 0 Å². The maximum absolute atomic E-state index is 13.7. The molecular formula is C49H30O22. The van der Waals surface area contributed by atoms with Crippen molar-refractivity contribution in [1.29, 1.82) is 0 Å². The van der Waals surface area contributed by atoms with Gasteiger partial charge in [0, 0.05) is 42.5 Å². The SMILES string of the molecule is O=C(O)c1cc(OC(=O)c2cc(OC(=O)c3cc(O)cc(O)c3)cc(OC(=O)c3cc(O)cc(O)c3)c2)cc(OC(=O)c2cc(OC(=O)c3cc(O)cc(O)c3)cc(OC(=O)c3cc(O)cc(O)c3)c2)c1. The standard InChI is InChI=1S/C49H30O22/c50-29-1-23(2-30(51)15-29)44(60)68-39-11-27(12-40(20-39)69-45(61)24-3-31(52)16-32(53)4-24)48(64)66-37-9-22(43(58)59)10-38(19-37)67-49(65)28-13-41(70-46(62)25-5-33(54)17-34(55)6-25)21-42(14-28)71-47(63)26-7-35(56)18-36(57)8-26/h1-21,50-57H,(H,58,59). The van der Waals surface area contributed by atoms with Gasteiger partial charge in [-0.1, -0.05) is 0 Å². The fraction of sp³-hybridized carbons (Fsp3) is 0. The maximum atomic E-state index is 13.7. The molecule has 7 aromatic rings. The lowest BCUT2D eigenvalue weighted by molar-refractivity contribution is 0.0679. The second-order valence-electron chi connectivity index (χ2n) is 14.7. The first-order valence-corrected chi connectivity index (χ1v) is 19.8. The van der Waals surface area contributed by atoms with E-state index in [1.807, 2.05) is 0 Å². The van der Waals surface area contributed by atoms with Crippen LogP contribution < -0.4 is 28.4 Å². The van der Waals surface area contributed by atoms with Gasteiger partial charge in [0.1, 0.15) is 80.5 Å². The monoisotopic (exact) mass is 970 g/mol. The minimum Gasteiger partial charge on any atom is -0.508 e. The molecule has 9 N–H and O–H groups in total. The molecule has 0 saturated heterocycles. The normalized spacial score (nSPS) is 10.6. The van der Waals surface area contributed by atoms with Crippen molar-refractivity contribution in [3.8, 4) is 80.5 Å². The first kappa shape index (κ1) is 48.2. The summed E-state index contributed by atoms with van der Waals surface area (Å²) >= 11 is 0. The molecule has 0 atom stereocenters. The number of phenols is 8. The number of esters is 6. The van der Waals surface area contributed by atoms with Gasteiger partial charge in [-0.25, -0.2) is 33.6 Å². The van der Waals surface area contributed by atoms with Gasteiger partial charge in [0.25, 0.3) is 0 Å². The van der Waals surface area contributed by atoms with Crippen LogP contribution in [0.2, 0.25) is 0 Å². The van der Waals surface area contributed by atoms with E-state index >= 15 is 0 Å². The van der Waals surface area contributed by atoms with E-state index in [0.717, 1.165) is 127 Å². The average molecular weight is 971 g/mol. The summed E-state index contributed by atoms with van der Waals surface area (Å²) in [5, 5.41) is 88.9. The molecule has 71 heavy (non-hydrogen) atoms. The van der Waals surface area contributed by atoms with Crippen molar-refractivity contribution in [2.75, 3.05) is 0 Å². The fourth-order valence-electron chi connectivity index (χ4n) is 6.28. The summed E-state index contributed by atoms with van der Waals surface area (Å²) in [4.78, 5) is 91.9. The molecule has 0 aliphatic rings. The Morgan fingerprint density at radius 2 is 0.380 bits per heavy atom. The fourth-order valence-corrected chi connectivity index (χ4v) is 6.28. The van der Waals surface area contributed by atoms with Gasteiger partial charge in [-0.05, 0) is 84.9 Å². The number of carbonyl (C=O) groups excluding carboxylic acids is 6. The van der Waals surface area contributed by atoms with Crippen LogP contribution in [-0.2, 0) is 0 Å². The van der Waals surface area contributed by atoms with Crippen LogP contribution >= 0.6 is 0 Å². The molecule has 0 aromatic heterocycles. The van der Waals surface area contributed by atoms with Gasteiger partial charge < -0.3 is 74.4 Å². The number of rotatable bonds is 13. The number of carbonyl (C=O) groups is 7. The molecule has 0 radical (unpaired) electrons. The average Bonchev–Trinajstić information content (AvgIpc) is 3.27. The predicted molar refractivity (Wildman–Crippen MR) is 235 cm³/mol.